The number of carbonyl (C=O) groups excluding carboxylic acids is 3. The molecule has 1 fully saturated rings. The highest BCUT2D eigenvalue weighted by molar-refractivity contribution is 14.1. The van der Waals surface area contributed by atoms with E-state index in [2.05, 4.69) is 32.6 Å². The second-order valence-electron chi connectivity index (χ2n) is 8.15. The Balaban J connectivity index is 1.30. The number of fused-ring (bicyclic) bond motifs is 1. The van der Waals surface area contributed by atoms with E-state index in [4.69, 9.17) is 23.4 Å². The number of nitrogens with zero attached hydrogens (tertiary/aromatic N) is 1. The molecule has 11 nitrogen and oxygen atoms in total. The molecule has 1 aromatic heterocycles. The van der Waals surface area contributed by atoms with Gasteiger partial charge in [-0.25, -0.2) is 9.59 Å². The summed E-state index contributed by atoms with van der Waals surface area (Å²) in [6.45, 7) is 0.326. The fourth-order valence-electron chi connectivity index (χ4n) is 3.86. The van der Waals surface area contributed by atoms with Gasteiger partial charge >= 0.3 is 12.0 Å². The van der Waals surface area contributed by atoms with Crippen LogP contribution >= 0.6 is 22.6 Å². The number of ether oxygens (including phenoxy) is 5. The first-order valence-corrected chi connectivity index (χ1v) is 12.3. The zero-order valence-corrected chi connectivity index (χ0v) is 22.4. The lowest BCUT2D eigenvalue weighted by atomic mass is 10.1. The van der Waals surface area contributed by atoms with Crippen LogP contribution in [0.3, 0.4) is 0 Å². The number of imide groups is 1. The number of nitrogens with one attached hydrogen (secondary N) is 1. The minimum atomic E-state index is -0.652. The minimum absolute atomic E-state index is 0.0205. The molecule has 3 heterocycles. The number of halogens is 1. The summed E-state index contributed by atoms with van der Waals surface area (Å²) in [5, 5.41) is 2.57. The van der Waals surface area contributed by atoms with E-state index in [9.17, 15) is 14.4 Å². The van der Waals surface area contributed by atoms with Gasteiger partial charge in [0.2, 0.25) is 12.6 Å². The summed E-state index contributed by atoms with van der Waals surface area (Å²) in [5.74, 6) is 1.41. The fraction of sp³-hybridized carbons (Fsp3) is 0.192. The van der Waals surface area contributed by atoms with Crippen molar-refractivity contribution in [1.82, 2.24) is 10.2 Å². The van der Waals surface area contributed by atoms with Crippen molar-refractivity contribution in [2.24, 2.45) is 0 Å². The number of benzene rings is 2. The van der Waals surface area contributed by atoms with Crippen molar-refractivity contribution in [2.45, 2.75) is 13.2 Å². The summed E-state index contributed by atoms with van der Waals surface area (Å²) in [4.78, 5) is 38.0. The van der Waals surface area contributed by atoms with Crippen LogP contribution in [0.2, 0.25) is 0 Å². The Bertz CT molecular complexity index is 1460. The van der Waals surface area contributed by atoms with E-state index in [1.54, 1.807) is 12.1 Å². The summed E-state index contributed by atoms with van der Waals surface area (Å²) in [7, 11) is 2.75. The first kappa shape index (κ1) is 25.4. The summed E-state index contributed by atoms with van der Waals surface area (Å²) in [6.07, 6.45) is 1.55. The SMILES string of the molecule is COC(=O)c1ccc(CN2C(=O)N/C(=C\c3cc(I)c(OCc4ccc5c(c4)OCO5)c(OC)c3)C2=O)o1. The maximum Gasteiger partial charge on any atom is 0.373 e. The molecule has 2 aliphatic rings. The molecule has 12 heteroatoms. The predicted molar refractivity (Wildman–Crippen MR) is 140 cm³/mol. The molecule has 38 heavy (non-hydrogen) atoms. The van der Waals surface area contributed by atoms with Crippen molar-refractivity contribution < 1.29 is 42.5 Å². The molecule has 0 bridgehead atoms. The fourth-order valence-corrected chi connectivity index (χ4v) is 4.64. The Morgan fingerprint density at radius 2 is 1.92 bits per heavy atom. The average Bonchev–Trinajstić information content (AvgIpc) is 3.64. The maximum absolute atomic E-state index is 12.9. The molecule has 1 N–H and O–H groups in total. The molecule has 0 radical (unpaired) electrons. The number of furan rings is 1. The second-order valence-corrected chi connectivity index (χ2v) is 9.31. The standard InChI is InChI=1S/C26H21IN2O9/c1-33-22-10-15(7-17(27)23(22)35-12-14-3-5-19-21(9-14)37-13-36-19)8-18-24(30)29(26(32)28-18)11-16-4-6-20(38-16)25(31)34-2/h3-10H,11-13H2,1-2H3,(H,28,32)/b18-8-. The van der Waals surface area contributed by atoms with Gasteiger partial charge in [-0.3, -0.25) is 9.69 Å². The number of esters is 1. The third kappa shape index (κ3) is 5.11. The molecule has 0 atom stereocenters. The van der Waals surface area contributed by atoms with Crippen LogP contribution < -0.4 is 24.3 Å². The molecule has 196 valence electrons. The van der Waals surface area contributed by atoms with E-state index < -0.39 is 17.9 Å². The van der Waals surface area contributed by atoms with Crippen LogP contribution in [-0.4, -0.2) is 43.8 Å². The monoisotopic (exact) mass is 632 g/mol. The predicted octanol–water partition coefficient (Wildman–Crippen LogP) is 4.08. The lowest BCUT2D eigenvalue weighted by Crippen LogP contribution is -2.30. The summed E-state index contributed by atoms with van der Waals surface area (Å²) >= 11 is 2.12. The van der Waals surface area contributed by atoms with Crippen LogP contribution in [0, 0.1) is 3.57 Å². The largest absolute Gasteiger partial charge is 0.493 e. The zero-order chi connectivity index (χ0) is 26.8. The first-order chi connectivity index (χ1) is 18.4. The molecule has 2 aliphatic heterocycles. The zero-order valence-electron chi connectivity index (χ0n) is 20.2. The van der Waals surface area contributed by atoms with E-state index in [1.165, 1.54) is 26.4 Å². The van der Waals surface area contributed by atoms with Gasteiger partial charge in [0.25, 0.3) is 5.91 Å². The molecule has 0 saturated carbocycles. The summed E-state index contributed by atoms with van der Waals surface area (Å²) in [6, 6.07) is 11.4. The van der Waals surface area contributed by atoms with Crippen LogP contribution in [0.15, 0.2) is 52.6 Å². The molecule has 1 saturated heterocycles. The van der Waals surface area contributed by atoms with Crippen molar-refractivity contribution in [3.8, 4) is 23.0 Å². The van der Waals surface area contributed by atoms with Crippen LogP contribution in [-0.2, 0) is 22.7 Å². The van der Waals surface area contributed by atoms with Crippen molar-refractivity contribution in [1.29, 1.82) is 0 Å². The smallest absolute Gasteiger partial charge is 0.373 e. The van der Waals surface area contributed by atoms with Crippen LogP contribution in [0.5, 0.6) is 23.0 Å². The summed E-state index contributed by atoms with van der Waals surface area (Å²) in [5.41, 5.74) is 1.60. The number of amides is 3. The molecule has 0 aliphatic carbocycles. The molecular weight excluding hydrogens is 611 g/mol. The highest BCUT2D eigenvalue weighted by atomic mass is 127. The molecular formula is C26H21IN2O9. The van der Waals surface area contributed by atoms with Crippen molar-refractivity contribution in [3.63, 3.8) is 0 Å². The number of rotatable bonds is 8. The number of hydrogen-bond donors (Lipinski definition) is 1. The second kappa shape index (κ2) is 10.7. The van der Waals surface area contributed by atoms with E-state index in [0.29, 0.717) is 28.6 Å². The topological polar surface area (TPSA) is 126 Å². The quantitative estimate of drug-likeness (QED) is 0.169. The Hall–Kier alpha value is -4.20. The van der Waals surface area contributed by atoms with Crippen molar-refractivity contribution in [3.05, 3.63) is 74.4 Å². The summed E-state index contributed by atoms with van der Waals surface area (Å²) < 4.78 is 33.1. The Morgan fingerprint density at radius 3 is 2.71 bits per heavy atom. The van der Waals surface area contributed by atoms with Crippen LogP contribution in [0.1, 0.15) is 27.4 Å². The first-order valence-electron chi connectivity index (χ1n) is 11.3. The van der Waals surface area contributed by atoms with Crippen LogP contribution in [0.25, 0.3) is 6.08 Å². The van der Waals surface area contributed by atoms with Gasteiger partial charge in [-0.05, 0) is 76.2 Å². The van der Waals surface area contributed by atoms with Gasteiger partial charge in [0.05, 0.1) is 24.3 Å². The van der Waals surface area contributed by atoms with Crippen molar-refractivity contribution >= 4 is 46.6 Å². The molecule has 0 unspecified atom stereocenters. The lowest BCUT2D eigenvalue weighted by Gasteiger charge is -2.14. The van der Waals surface area contributed by atoms with Gasteiger partial charge in [-0.2, -0.15) is 0 Å². The Morgan fingerprint density at radius 1 is 1.11 bits per heavy atom. The van der Waals surface area contributed by atoms with E-state index in [1.807, 2.05) is 24.3 Å². The number of methoxy groups -OCH3 is 2. The number of urea groups is 1. The maximum atomic E-state index is 12.9. The molecule has 3 aromatic rings. The third-order valence-corrected chi connectivity index (χ3v) is 6.51. The normalized spacial score (nSPS) is 15.1. The minimum Gasteiger partial charge on any atom is -0.493 e. The lowest BCUT2D eigenvalue weighted by molar-refractivity contribution is -0.123. The van der Waals surface area contributed by atoms with E-state index in [0.717, 1.165) is 14.0 Å². The Labute approximate surface area is 230 Å². The molecule has 3 amide bonds. The Kier molecular flexibility index (Phi) is 7.13. The molecule has 0 spiro atoms. The third-order valence-electron chi connectivity index (χ3n) is 5.71. The van der Waals surface area contributed by atoms with Gasteiger partial charge in [0.15, 0.2) is 23.0 Å². The van der Waals surface area contributed by atoms with E-state index >= 15 is 0 Å². The highest BCUT2D eigenvalue weighted by Gasteiger charge is 2.34. The highest BCUT2D eigenvalue weighted by Crippen LogP contribution is 2.37. The number of hydrogen-bond acceptors (Lipinski definition) is 9. The van der Waals surface area contributed by atoms with Gasteiger partial charge in [-0.15, -0.1) is 0 Å². The average molecular weight is 632 g/mol. The molecule has 2 aromatic carbocycles. The molecule has 5 rings (SSSR count). The van der Waals surface area contributed by atoms with Crippen molar-refractivity contribution in [2.75, 3.05) is 21.0 Å². The van der Waals surface area contributed by atoms with Gasteiger partial charge in [0, 0.05) is 0 Å². The van der Waals surface area contributed by atoms with Gasteiger partial charge in [-0.1, -0.05) is 6.07 Å². The van der Waals surface area contributed by atoms with Crippen LogP contribution in [0.4, 0.5) is 4.79 Å². The van der Waals surface area contributed by atoms with E-state index in [-0.39, 0.29) is 37.2 Å². The number of carbonyl (C=O) groups is 3. The van der Waals surface area contributed by atoms with Gasteiger partial charge < -0.3 is 33.4 Å². The van der Waals surface area contributed by atoms with Gasteiger partial charge in [0.1, 0.15) is 18.1 Å².